The van der Waals surface area contributed by atoms with Gasteiger partial charge in [0.2, 0.25) is 0 Å². The number of para-hydroxylation sites is 1. The Bertz CT molecular complexity index is 1660. The largest absolute Gasteiger partial charge is 0.355 e. The zero-order valence-electron chi connectivity index (χ0n) is 24.3. The third-order valence-electron chi connectivity index (χ3n) is 8.45. The Hall–Kier alpha value is -3.20. The highest BCUT2D eigenvalue weighted by Crippen LogP contribution is 2.36. The van der Waals surface area contributed by atoms with Crippen molar-refractivity contribution in [2.45, 2.75) is 43.4 Å². The van der Waals surface area contributed by atoms with Crippen molar-refractivity contribution in [1.29, 1.82) is 0 Å². The summed E-state index contributed by atoms with van der Waals surface area (Å²) in [4.78, 5) is 24.0. The van der Waals surface area contributed by atoms with E-state index in [1.165, 1.54) is 20.5 Å². The molecular formula is C29H34F2N6O4S2. The molecule has 6 rings (SSSR count). The first-order chi connectivity index (χ1) is 20.4. The van der Waals surface area contributed by atoms with E-state index >= 15 is 0 Å². The van der Waals surface area contributed by atoms with E-state index in [0.29, 0.717) is 56.4 Å². The van der Waals surface area contributed by atoms with E-state index in [1.807, 2.05) is 31.7 Å². The summed E-state index contributed by atoms with van der Waals surface area (Å²) in [7, 11) is -3.66. The number of sulfonamides is 1. The molecule has 1 aromatic carbocycles. The van der Waals surface area contributed by atoms with Gasteiger partial charge >= 0.3 is 0 Å². The molecule has 14 heteroatoms. The Morgan fingerprint density at radius 1 is 1.12 bits per heavy atom. The maximum absolute atomic E-state index is 13.9. The van der Waals surface area contributed by atoms with Crippen molar-refractivity contribution < 1.29 is 26.5 Å². The van der Waals surface area contributed by atoms with Crippen molar-refractivity contribution in [3.05, 3.63) is 52.7 Å². The molecule has 0 bridgehead atoms. The van der Waals surface area contributed by atoms with Crippen LogP contribution in [-0.2, 0) is 10.0 Å². The van der Waals surface area contributed by atoms with Gasteiger partial charge in [-0.15, -0.1) is 11.3 Å². The number of anilines is 1. The average Bonchev–Trinajstić information content (AvgIpc) is 3.71. The fourth-order valence-electron chi connectivity index (χ4n) is 5.87. The first-order valence-electron chi connectivity index (χ1n) is 14.3. The Morgan fingerprint density at radius 2 is 1.88 bits per heavy atom. The summed E-state index contributed by atoms with van der Waals surface area (Å²) in [6.45, 7) is 8.02. The van der Waals surface area contributed by atoms with Crippen LogP contribution in [0.4, 0.5) is 14.5 Å². The monoisotopic (exact) mass is 632 g/mol. The Kier molecular flexibility index (Phi) is 7.90. The number of fused-ring (bicyclic) bond motifs is 1. The Labute approximate surface area is 253 Å². The van der Waals surface area contributed by atoms with Gasteiger partial charge in [-0.25, -0.2) is 17.2 Å². The summed E-state index contributed by atoms with van der Waals surface area (Å²) in [6.07, 6.45) is 1.39. The van der Waals surface area contributed by atoms with Crippen LogP contribution in [0.25, 0.3) is 10.6 Å². The highest BCUT2D eigenvalue weighted by Gasteiger charge is 2.41. The van der Waals surface area contributed by atoms with E-state index in [0.717, 1.165) is 21.7 Å². The maximum Gasteiger partial charge on any atom is 0.267 e. The van der Waals surface area contributed by atoms with E-state index in [1.54, 1.807) is 30.5 Å². The number of benzene rings is 1. The van der Waals surface area contributed by atoms with E-state index in [-0.39, 0.29) is 23.2 Å². The Balaban J connectivity index is 1.11. The zero-order valence-corrected chi connectivity index (χ0v) is 25.9. The van der Waals surface area contributed by atoms with Gasteiger partial charge in [0.05, 0.1) is 28.4 Å². The van der Waals surface area contributed by atoms with Gasteiger partial charge in [-0.2, -0.15) is 4.31 Å². The molecule has 1 amide bonds. The molecule has 0 saturated carbocycles. The predicted molar refractivity (Wildman–Crippen MR) is 161 cm³/mol. The van der Waals surface area contributed by atoms with Crippen LogP contribution in [0.1, 0.15) is 40.5 Å². The lowest BCUT2D eigenvalue weighted by atomic mass is 10.0. The second kappa shape index (κ2) is 11.4. The number of piperazine rings is 1. The number of aryl methyl sites for hydroxylation is 1. The van der Waals surface area contributed by atoms with Crippen molar-refractivity contribution in [3.63, 3.8) is 0 Å². The van der Waals surface area contributed by atoms with Crippen LogP contribution in [0.5, 0.6) is 0 Å². The van der Waals surface area contributed by atoms with Crippen molar-refractivity contribution in [2.24, 2.45) is 4.99 Å². The highest BCUT2D eigenvalue weighted by molar-refractivity contribution is 7.91. The van der Waals surface area contributed by atoms with Gasteiger partial charge in [0, 0.05) is 69.1 Å². The number of halogens is 2. The molecule has 2 aromatic heterocycles. The van der Waals surface area contributed by atoms with E-state index in [2.05, 4.69) is 15.0 Å². The lowest BCUT2D eigenvalue weighted by Crippen LogP contribution is -2.52. The molecule has 0 aliphatic carbocycles. The topological polar surface area (TPSA) is 103 Å². The number of aromatic nitrogens is 1. The third-order valence-corrected chi connectivity index (χ3v) is 11.9. The van der Waals surface area contributed by atoms with Crippen LogP contribution in [0.3, 0.4) is 0 Å². The quantitative estimate of drug-likeness (QED) is 0.387. The molecule has 0 unspecified atom stereocenters. The maximum atomic E-state index is 13.9. The first kappa shape index (κ1) is 29.9. The lowest BCUT2D eigenvalue weighted by molar-refractivity contribution is 0.0120. The van der Waals surface area contributed by atoms with Crippen molar-refractivity contribution in [2.75, 3.05) is 57.4 Å². The van der Waals surface area contributed by atoms with Gasteiger partial charge in [0.15, 0.2) is 5.76 Å². The highest BCUT2D eigenvalue weighted by atomic mass is 32.2. The van der Waals surface area contributed by atoms with E-state index < -0.39 is 28.4 Å². The van der Waals surface area contributed by atoms with Crippen LogP contribution in [0.15, 0.2) is 44.1 Å². The molecule has 3 aliphatic heterocycles. The van der Waals surface area contributed by atoms with Gasteiger partial charge in [-0.3, -0.25) is 14.7 Å². The number of rotatable bonds is 7. The standard InChI is InChI=1S/C29H34F2N6O4S2/c1-19(37-18-32-15-22-5-4-6-23(26(22)37)28(38)35-10-9-29(30,31)17-35)16-34-11-13-36(14-12-34)43(39,40)25-8-7-24(42-25)27-20(2)21(3)33-41-27/h4-8,15,19H,9-14,16-18H2,1-3H3/t19-/m0/s1. The predicted octanol–water partition coefficient (Wildman–Crippen LogP) is 4.09. The van der Waals surface area contributed by atoms with Gasteiger partial charge in [0.1, 0.15) is 10.9 Å². The van der Waals surface area contributed by atoms with Crippen LogP contribution < -0.4 is 4.90 Å². The molecule has 0 spiro atoms. The number of nitrogens with zero attached hydrogens (tertiary/aromatic N) is 6. The molecular weight excluding hydrogens is 598 g/mol. The SMILES string of the molecule is Cc1noc(-c2ccc(S(=O)(=O)N3CCN(C[C@H](C)N4CN=Cc5cccc(C(=O)N6CCC(F)(F)C6)c54)CC3)s2)c1C. The number of carbonyl (C=O) groups is 1. The fraction of sp³-hybridized carbons (Fsp3) is 0.483. The number of hydrogen-bond acceptors (Lipinski definition) is 9. The number of hydrogen-bond donors (Lipinski definition) is 0. The van der Waals surface area contributed by atoms with Crippen LogP contribution >= 0.6 is 11.3 Å². The van der Waals surface area contributed by atoms with Crippen molar-refractivity contribution in [1.82, 2.24) is 19.3 Å². The molecule has 1 atom stereocenters. The Morgan fingerprint density at radius 3 is 2.56 bits per heavy atom. The summed E-state index contributed by atoms with van der Waals surface area (Å²) >= 11 is 1.18. The second-order valence-corrected chi connectivity index (χ2v) is 14.6. The molecule has 5 heterocycles. The molecule has 230 valence electrons. The number of amides is 1. The van der Waals surface area contributed by atoms with Gasteiger partial charge < -0.3 is 14.3 Å². The van der Waals surface area contributed by atoms with Crippen LogP contribution in [0.2, 0.25) is 0 Å². The summed E-state index contributed by atoms with van der Waals surface area (Å²) in [5, 5.41) is 3.98. The number of thiophene rings is 1. The molecule has 3 aliphatic rings. The van der Waals surface area contributed by atoms with Crippen LogP contribution in [0, 0.1) is 13.8 Å². The van der Waals surface area contributed by atoms with Crippen molar-refractivity contribution in [3.8, 4) is 10.6 Å². The number of likely N-dealkylation sites (tertiary alicyclic amines) is 1. The number of carbonyl (C=O) groups excluding carboxylic acids is 1. The first-order valence-corrected chi connectivity index (χ1v) is 16.5. The minimum absolute atomic E-state index is 0.0263. The zero-order chi connectivity index (χ0) is 30.5. The van der Waals surface area contributed by atoms with Crippen LogP contribution in [-0.4, -0.2) is 104 Å². The normalized spacial score (nSPS) is 20.0. The lowest BCUT2D eigenvalue weighted by Gasteiger charge is -2.40. The molecule has 2 saturated heterocycles. The summed E-state index contributed by atoms with van der Waals surface area (Å²) in [6, 6.07) is 8.64. The molecule has 0 N–H and O–H groups in total. The summed E-state index contributed by atoms with van der Waals surface area (Å²) < 4.78 is 61.9. The molecule has 2 fully saturated rings. The fourth-order valence-corrected chi connectivity index (χ4v) is 8.79. The molecule has 10 nitrogen and oxygen atoms in total. The minimum Gasteiger partial charge on any atom is -0.355 e. The van der Waals surface area contributed by atoms with Gasteiger partial charge in [-0.1, -0.05) is 17.3 Å². The molecule has 3 aromatic rings. The van der Waals surface area contributed by atoms with E-state index in [9.17, 15) is 22.0 Å². The molecule has 0 radical (unpaired) electrons. The van der Waals surface area contributed by atoms with Crippen molar-refractivity contribution >= 4 is 39.2 Å². The average molecular weight is 633 g/mol. The van der Waals surface area contributed by atoms with Gasteiger partial charge in [-0.05, 0) is 39.0 Å². The molecule has 43 heavy (non-hydrogen) atoms. The third kappa shape index (κ3) is 5.73. The number of alkyl halides is 2. The summed E-state index contributed by atoms with van der Waals surface area (Å²) in [5.41, 5.74) is 3.55. The summed E-state index contributed by atoms with van der Waals surface area (Å²) in [5.74, 6) is -2.67. The van der Waals surface area contributed by atoms with Gasteiger partial charge in [0.25, 0.3) is 21.9 Å². The van der Waals surface area contributed by atoms with E-state index in [4.69, 9.17) is 4.52 Å². The minimum atomic E-state index is -3.66. The second-order valence-electron chi connectivity index (χ2n) is 11.4. The smallest absolute Gasteiger partial charge is 0.267 e. The number of aliphatic imine (C=N–C) groups is 1.